The molecule has 2 heterocycles. The zero-order valence-corrected chi connectivity index (χ0v) is 18.9. The van der Waals surface area contributed by atoms with E-state index in [9.17, 15) is 9.90 Å². The first-order valence-electron chi connectivity index (χ1n) is 11.5. The van der Waals surface area contributed by atoms with Crippen LogP contribution in [0.4, 0.5) is 5.69 Å². The fraction of sp³-hybridized carbons (Fsp3) is 0. The molecule has 0 saturated heterocycles. The molecule has 0 spiro atoms. The Kier molecular flexibility index (Phi) is 5.04. The highest BCUT2D eigenvalue weighted by atomic mass is 16.3. The van der Waals surface area contributed by atoms with Gasteiger partial charge in [0.2, 0.25) is 5.88 Å². The summed E-state index contributed by atoms with van der Waals surface area (Å²) in [7, 11) is 0. The minimum atomic E-state index is -0.145. The fourth-order valence-corrected chi connectivity index (χ4v) is 4.71. The van der Waals surface area contributed by atoms with E-state index in [4.69, 9.17) is 0 Å². The standard InChI is InChI=1S/C31H22N2O2/c34-30(24-15-6-2-7-16-24)28-27(23-13-4-1-5-14-23)31(35)33(25-17-8-3-9-18-25)32-21-20-22-12-10-11-19-26(22)29(28)32/h1-21,35H. The van der Waals surface area contributed by atoms with Crippen molar-refractivity contribution < 1.29 is 9.90 Å². The third-order valence-electron chi connectivity index (χ3n) is 6.29. The Morgan fingerprint density at radius 1 is 0.686 bits per heavy atom. The molecule has 0 radical (unpaired) electrons. The van der Waals surface area contributed by atoms with Crippen molar-refractivity contribution in [3.63, 3.8) is 0 Å². The molecule has 2 aliphatic heterocycles. The summed E-state index contributed by atoms with van der Waals surface area (Å²) in [4.78, 5) is 14.2. The first-order chi connectivity index (χ1) is 17.2. The first kappa shape index (κ1) is 20.8. The molecule has 0 saturated carbocycles. The Labute approximate surface area is 204 Å². The Balaban J connectivity index is 1.71. The van der Waals surface area contributed by atoms with Crippen LogP contribution in [0.5, 0.6) is 0 Å². The van der Waals surface area contributed by atoms with E-state index in [1.807, 2.05) is 133 Å². The molecule has 35 heavy (non-hydrogen) atoms. The number of aliphatic hydroxyl groups excluding tert-OH is 1. The zero-order chi connectivity index (χ0) is 23.8. The number of carbonyl (C=O) groups excluding carboxylic acids is 1. The second-order valence-corrected chi connectivity index (χ2v) is 8.38. The molecular formula is C31H22N2O2. The number of para-hydroxylation sites is 1. The summed E-state index contributed by atoms with van der Waals surface area (Å²) in [6.45, 7) is 0. The molecule has 168 valence electrons. The second-order valence-electron chi connectivity index (χ2n) is 8.38. The van der Waals surface area contributed by atoms with Gasteiger partial charge in [0.1, 0.15) is 0 Å². The number of hydrogen-bond donors (Lipinski definition) is 1. The topological polar surface area (TPSA) is 43.8 Å². The number of rotatable bonds is 4. The quantitative estimate of drug-likeness (QED) is 0.340. The maximum Gasteiger partial charge on any atom is 0.220 e. The van der Waals surface area contributed by atoms with Crippen LogP contribution in [-0.2, 0) is 0 Å². The number of nitrogens with zero attached hydrogens (tertiary/aromatic N) is 2. The van der Waals surface area contributed by atoms with Crippen molar-refractivity contribution in [2.75, 3.05) is 5.01 Å². The SMILES string of the molecule is O=C(C1=C2c3ccccc3C=CN2N(c2ccccc2)C(O)=C1c1ccccc1)c1ccccc1. The summed E-state index contributed by atoms with van der Waals surface area (Å²) in [5.41, 5.74) is 5.75. The predicted octanol–water partition coefficient (Wildman–Crippen LogP) is 6.93. The third kappa shape index (κ3) is 3.44. The monoisotopic (exact) mass is 454 g/mol. The lowest BCUT2D eigenvalue weighted by atomic mass is 9.85. The lowest BCUT2D eigenvalue weighted by Crippen LogP contribution is -2.43. The molecular weight excluding hydrogens is 432 g/mol. The molecule has 0 amide bonds. The van der Waals surface area contributed by atoms with Gasteiger partial charge < -0.3 is 5.11 Å². The van der Waals surface area contributed by atoms with Crippen LogP contribution in [0.3, 0.4) is 0 Å². The molecule has 0 atom stereocenters. The van der Waals surface area contributed by atoms with Crippen molar-refractivity contribution in [3.05, 3.63) is 155 Å². The van der Waals surface area contributed by atoms with Gasteiger partial charge in [-0.15, -0.1) is 0 Å². The van der Waals surface area contributed by atoms with E-state index in [2.05, 4.69) is 0 Å². The Morgan fingerprint density at radius 3 is 2.00 bits per heavy atom. The smallest absolute Gasteiger partial charge is 0.220 e. The average molecular weight is 455 g/mol. The molecule has 1 N–H and O–H groups in total. The zero-order valence-electron chi connectivity index (χ0n) is 18.9. The highest BCUT2D eigenvalue weighted by Crippen LogP contribution is 2.46. The van der Waals surface area contributed by atoms with Gasteiger partial charge in [-0.25, -0.2) is 5.01 Å². The van der Waals surface area contributed by atoms with Crippen LogP contribution in [0.2, 0.25) is 0 Å². The number of Topliss-reactive ketones (excluding diaryl/α,β-unsaturated/α-hetero) is 1. The number of fused-ring (bicyclic) bond motifs is 3. The van der Waals surface area contributed by atoms with Crippen LogP contribution in [-0.4, -0.2) is 15.9 Å². The lowest BCUT2D eigenvalue weighted by molar-refractivity contribution is 0.103. The van der Waals surface area contributed by atoms with Gasteiger partial charge in [0, 0.05) is 17.3 Å². The van der Waals surface area contributed by atoms with E-state index >= 15 is 0 Å². The molecule has 0 aliphatic carbocycles. The van der Waals surface area contributed by atoms with Crippen LogP contribution >= 0.6 is 0 Å². The number of aliphatic hydroxyl groups is 1. The molecule has 4 heteroatoms. The van der Waals surface area contributed by atoms with Gasteiger partial charge in [0.05, 0.1) is 22.5 Å². The Bertz CT molecular complexity index is 1500. The summed E-state index contributed by atoms with van der Waals surface area (Å²) in [6.07, 6.45) is 3.90. The van der Waals surface area contributed by atoms with Crippen LogP contribution in [0, 0.1) is 0 Å². The van der Waals surface area contributed by atoms with Gasteiger partial charge >= 0.3 is 0 Å². The Morgan fingerprint density at radius 2 is 1.29 bits per heavy atom. The molecule has 0 bridgehead atoms. The minimum absolute atomic E-state index is 0.00513. The van der Waals surface area contributed by atoms with E-state index < -0.39 is 0 Å². The van der Waals surface area contributed by atoms with Crippen molar-refractivity contribution in [2.24, 2.45) is 0 Å². The summed E-state index contributed by atoms with van der Waals surface area (Å²) in [5.74, 6) is -0.150. The van der Waals surface area contributed by atoms with E-state index in [1.54, 1.807) is 5.01 Å². The van der Waals surface area contributed by atoms with Crippen LogP contribution in [0.25, 0.3) is 17.3 Å². The second kappa shape index (κ2) is 8.50. The molecule has 4 nitrogen and oxygen atoms in total. The van der Waals surface area contributed by atoms with E-state index in [-0.39, 0.29) is 11.7 Å². The van der Waals surface area contributed by atoms with Crippen molar-refractivity contribution >= 4 is 28.8 Å². The van der Waals surface area contributed by atoms with Crippen LogP contribution in [0.15, 0.2) is 133 Å². The number of ketones is 1. The maximum atomic E-state index is 14.2. The van der Waals surface area contributed by atoms with Crippen molar-refractivity contribution in [1.82, 2.24) is 5.01 Å². The molecule has 0 fully saturated rings. The first-order valence-corrected chi connectivity index (χ1v) is 11.5. The average Bonchev–Trinajstić information content (AvgIpc) is 2.93. The largest absolute Gasteiger partial charge is 0.493 e. The molecule has 4 aromatic rings. The molecule has 0 unspecified atom stereocenters. The molecule has 2 aliphatic rings. The summed E-state index contributed by atoms with van der Waals surface area (Å²) < 4.78 is 0. The number of hydrazine groups is 1. The van der Waals surface area contributed by atoms with Gasteiger partial charge in [0.25, 0.3) is 0 Å². The molecule has 4 aromatic carbocycles. The van der Waals surface area contributed by atoms with Gasteiger partial charge in [-0.3, -0.25) is 9.80 Å². The number of benzene rings is 4. The molecule has 0 aromatic heterocycles. The van der Waals surface area contributed by atoms with Gasteiger partial charge in [0.15, 0.2) is 5.78 Å². The summed E-state index contributed by atoms with van der Waals surface area (Å²) in [6, 6.07) is 36.5. The highest BCUT2D eigenvalue weighted by Gasteiger charge is 2.39. The number of carbonyl (C=O) groups is 1. The lowest BCUT2D eigenvalue weighted by Gasteiger charge is -2.43. The summed E-state index contributed by atoms with van der Waals surface area (Å²) in [5, 5.41) is 15.5. The van der Waals surface area contributed by atoms with Crippen LogP contribution in [0.1, 0.15) is 27.0 Å². The Hall–Kier alpha value is -4.83. The van der Waals surface area contributed by atoms with E-state index in [1.165, 1.54) is 0 Å². The minimum Gasteiger partial charge on any atom is -0.493 e. The number of allylic oxidation sites excluding steroid dienone is 2. The van der Waals surface area contributed by atoms with Gasteiger partial charge in [-0.1, -0.05) is 103 Å². The third-order valence-corrected chi connectivity index (χ3v) is 6.29. The van der Waals surface area contributed by atoms with Gasteiger partial charge in [-0.05, 0) is 29.3 Å². The highest BCUT2D eigenvalue weighted by molar-refractivity contribution is 6.24. The van der Waals surface area contributed by atoms with Crippen molar-refractivity contribution in [2.45, 2.75) is 0 Å². The van der Waals surface area contributed by atoms with E-state index in [0.29, 0.717) is 16.7 Å². The van der Waals surface area contributed by atoms with E-state index in [0.717, 1.165) is 28.1 Å². The molecule has 6 rings (SSSR count). The van der Waals surface area contributed by atoms with Crippen molar-refractivity contribution in [1.29, 1.82) is 0 Å². The maximum absolute atomic E-state index is 14.2. The summed E-state index contributed by atoms with van der Waals surface area (Å²) >= 11 is 0. The fourth-order valence-electron chi connectivity index (χ4n) is 4.71. The predicted molar refractivity (Wildman–Crippen MR) is 140 cm³/mol. The normalized spacial score (nSPS) is 14.6. The number of anilines is 1. The van der Waals surface area contributed by atoms with Gasteiger partial charge in [-0.2, -0.15) is 0 Å². The van der Waals surface area contributed by atoms with Crippen molar-refractivity contribution in [3.8, 4) is 0 Å². The number of hydrogen-bond acceptors (Lipinski definition) is 4. The van der Waals surface area contributed by atoms with Crippen LogP contribution < -0.4 is 5.01 Å².